The minimum atomic E-state index is -0.148. The Kier molecular flexibility index (Phi) is 8.85. The quantitative estimate of drug-likeness (QED) is 0.0745. The number of benzene rings is 7. The lowest BCUT2D eigenvalue weighted by atomic mass is 9.78. The molecule has 1 saturated heterocycles. The third-order valence-corrected chi connectivity index (χ3v) is 19.0. The van der Waals surface area contributed by atoms with Gasteiger partial charge < -0.3 is 0 Å². The van der Waals surface area contributed by atoms with Crippen molar-refractivity contribution in [1.82, 2.24) is 23.3 Å². The molecule has 8 heterocycles. The van der Waals surface area contributed by atoms with Crippen molar-refractivity contribution in [3.8, 4) is 39.2 Å². The maximum Gasteiger partial charge on any atom is 0.498 e. The second kappa shape index (κ2) is 15.0. The molecule has 6 aliphatic rings. The van der Waals surface area contributed by atoms with Gasteiger partial charge in [-0.2, -0.15) is 4.57 Å². The smallest absolute Gasteiger partial charge is 0.256 e. The maximum absolute atomic E-state index is 5.06. The van der Waals surface area contributed by atoms with Crippen molar-refractivity contribution in [3.05, 3.63) is 217 Å². The molecule has 2 spiro atoms. The summed E-state index contributed by atoms with van der Waals surface area (Å²) in [6.07, 6.45) is 15.4. The van der Waals surface area contributed by atoms with Crippen LogP contribution in [0.25, 0.3) is 77.5 Å². The molecule has 5 atom stereocenters. The number of para-hydroxylation sites is 5. The van der Waals surface area contributed by atoms with Crippen LogP contribution in [0.4, 0.5) is 34.1 Å². The maximum atomic E-state index is 5.06. The number of quaternary nitrogens is 3. The summed E-state index contributed by atoms with van der Waals surface area (Å²) in [4.78, 5) is 5.06. The van der Waals surface area contributed by atoms with Crippen LogP contribution < -0.4 is 18.5 Å². The van der Waals surface area contributed by atoms with Gasteiger partial charge in [-0.1, -0.05) is 147 Å². The summed E-state index contributed by atoms with van der Waals surface area (Å²) in [5.41, 5.74) is 25.6. The Morgan fingerprint density at radius 3 is 2.03 bits per heavy atom. The van der Waals surface area contributed by atoms with Crippen LogP contribution in [0.5, 0.6) is 0 Å². The Morgan fingerprint density at radius 1 is 0.577 bits per heavy atom. The molecule has 0 radical (unpaired) electrons. The minimum Gasteiger partial charge on any atom is -0.256 e. The van der Waals surface area contributed by atoms with E-state index in [2.05, 4.69) is 260 Å². The van der Waals surface area contributed by atoms with Gasteiger partial charge in [0.25, 0.3) is 22.7 Å². The number of pyridine rings is 2. The third kappa shape index (κ3) is 5.43. The largest absolute Gasteiger partial charge is 0.498 e. The van der Waals surface area contributed by atoms with Crippen LogP contribution in [0.2, 0.25) is 0 Å². The molecule has 380 valence electrons. The summed E-state index contributed by atoms with van der Waals surface area (Å²) in [6, 6.07) is 59.8. The Morgan fingerprint density at radius 2 is 1.26 bits per heavy atom. The molecule has 10 aromatic rings. The number of hydrogen-bond donors (Lipinski definition) is 0. The van der Waals surface area contributed by atoms with Crippen molar-refractivity contribution < 1.29 is 4.68 Å². The molecule has 5 unspecified atom stereocenters. The van der Waals surface area contributed by atoms with Gasteiger partial charge in [-0.15, -0.1) is 6.58 Å². The molecule has 1 fully saturated rings. The van der Waals surface area contributed by atoms with E-state index in [1.165, 1.54) is 123 Å². The van der Waals surface area contributed by atoms with Gasteiger partial charge in [0.1, 0.15) is 5.52 Å². The molecule has 0 bridgehead atoms. The highest BCUT2D eigenvalue weighted by Crippen LogP contribution is 2.86. The summed E-state index contributed by atoms with van der Waals surface area (Å²) in [7, 11) is 0. The Balaban J connectivity index is 1.13. The van der Waals surface area contributed by atoms with E-state index in [1.807, 2.05) is 6.20 Å². The van der Waals surface area contributed by atoms with Crippen LogP contribution in [-0.2, 0) is 16.2 Å². The van der Waals surface area contributed by atoms with Gasteiger partial charge in [0.15, 0.2) is 6.20 Å². The van der Waals surface area contributed by atoms with E-state index in [0.717, 1.165) is 23.7 Å². The number of hydrogen-bond acceptors (Lipinski definition) is 1. The zero-order chi connectivity index (χ0) is 53.2. The number of rotatable bonds is 4. The average Bonchev–Trinajstić information content (AvgIpc) is 1.43. The normalized spacial score (nSPS) is 22.8. The first-order valence-corrected chi connectivity index (χ1v) is 28.3. The molecule has 78 heavy (non-hydrogen) atoms. The van der Waals surface area contributed by atoms with Gasteiger partial charge in [0, 0.05) is 71.5 Å². The van der Waals surface area contributed by atoms with E-state index < -0.39 is 0 Å². The molecular weight excluding hydrogens is 949 g/mol. The topological polar surface area (TPSA) is 21.7 Å². The number of fused-ring (bicyclic) bond motifs is 12. The molecule has 5 aliphatic heterocycles. The van der Waals surface area contributed by atoms with Crippen LogP contribution in [-0.4, -0.2) is 15.8 Å². The van der Waals surface area contributed by atoms with Crippen LogP contribution in [0.3, 0.4) is 0 Å². The van der Waals surface area contributed by atoms with Gasteiger partial charge >= 0.3 is 12.1 Å². The lowest BCUT2D eigenvalue weighted by Crippen LogP contribution is -2.74. The van der Waals surface area contributed by atoms with Crippen LogP contribution in [0.1, 0.15) is 97.4 Å². The fraction of sp³-hybridized carbons (Fsp3) is 0.222. The second-order valence-electron chi connectivity index (χ2n) is 26.3. The summed E-state index contributed by atoms with van der Waals surface area (Å²) in [5, 5.41) is 3.69. The monoisotopic (exact) mass is 1010 g/mol. The molecule has 0 N–H and O–H groups in total. The first-order valence-electron chi connectivity index (χ1n) is 28.3. The zero-order valence-corrected chi connectivity index (χ0v) is 46.4. The van der Waals surface area contributed by atoms with Gasteiger partial charge in [-0.25, -0.2) is 0 Å². The fourth-order valence-corrected chi connectivity index (χ4v) is 15.4. The summed E-state index contributed by atoms with van der Waals surface area (Å²) in [6.45, 7) is 25.7. The molecule has 1 aliphatic carbocycles. The second-order valence-corrected chi connectivity index (χ2v) is 26.3. The summed E-state index contributed by atoms with van der Waals surface area (Å²) < 4.78 is 7.10. The molecule has 0 saturated carbocycles. The van der Waals surface area contributed by atoms with E-state index in [1.54, 1.807) is 0 Å². The van der Waals surface area contributed by atoms with E-state index in [0.29, 0.717) is 19.7 Å². The Hall–Kier alpha value is -8.00. The summed E-state index contributed by atoms with van der Waals surface area (Å²) >= 11 is 0. The van der Waals surface area contributed by atoms with Gasteiger partial charge in [-0.05, 0) is 145 Å². The number of nitrogens with zero attached hydrogens (tertiary/aromatic N) is 6. The summed E-state index contributed by atoms with van der Waals surface area (Å²) in [5.74, 6) is 1.49. The standard InChI is InChI=1S/C72H66N6/c1-11-44-21-12-13-22-45(37-44)51-25-18-26-52(47-38-49(71(5,6)7)41-50(39-47)72(8,9)10)66(51)78-62-30-17-16-29-61(62)77(78)63-31-19-27-55-57-40-46-23-20-35-73-59(46)43-58(57)56-33-32-54-53-24-14-15-28-60(53)75-64-42-48(70(2,3)4)34-36-74(64)76(67(55)63,69(77)78)68(56)65(54)75/h11-20,22-36,38-44,69H,1,21,37H2,2-10H3/q+4. The minimum absolute atomic E-state index is 0.0775. The predicted molar refractivity (Wildman–Crippen MR) is 325 cm³/mol. The zero-order valence-electron chi connectivity index (χ0n) is 46.4. The van der Waals surface area contributed by atoms with Crippen molar-refractivity contribution in [3.63, 3.8) is 0 Å². The third-order valence-electron chi connectivity index (χ3n) is 19.0. The van der Waals surface area contributed by atoms with Crippen molar-refractivity contribution in [1.29, 1.82) is 0 Å². The molecule has 16 rings (SSSR count). The van der Waals surface area contributed by atoms with E-state index >= 15 is 0 Å². The van der Waals surface area contributed by atoms with Gasteiger partial charge in [0.05, 0.1) is 16.6 Å². The number of aromatic nitrogens is 3. The molecule has 0 amide bonds. The van der Waals surface area contributed by atoms with E-state index in [9.17, 15) is 0 Å². The highest BCUT2D eigenvalue weighted by molar-refractivity contribution is 6.21. The SMILES string of the molecule is C=CC1CC=CC=C(c2cccc(-c3cc(C(C)(C)C)cc(C(C)(C)C)c3)c2[N+]23c4ccccc4[N+]24c2cccc5c2[N+]2(c6c(ccc7c8ccccc8n(c67)-c6cc(C(C)(C)C)cc[n+]62)-c2cc6ncccc6cc2-5)C43)C1. The molecule has 3 aromatic heterocycles. The van der Waals surface area contributed by atoms with Gasteiger partial charge in [-0.3, -0.25) is 4.98 Å². The molecular formula is C72H66N6+4. The predicted octanol–water partition coefficient (Wildman–Crippen LogP) is 18.3. The van der Waals surface area contributed by atoms with E-state index in [4.69, 9.17) is 4.98 Å². The Labute approximate surface area is 458 Å². The molecule has 7 aromatic carbocycles. The van der Waals surface area contributed by atoms with Crippen molar-refractivity contribution in [2.75, 3.05) is 0 Å². The lowest BCUT2D eigenvalue weighted by molar-refractivity contribution is -0.793. The fourth-order valence-electron chi connectivity index (χ4n) is 15.4. The highest BCUT2D eigenvalue weighted by atomic mass is 16.2. The van der Waals surface area contributed by atoms with Crippen LogP contribution in [0, 0.1) is 5.92 Å². The average molecular weight is 1020 g/mol. The molecule has 6 nitrogen and oxygen atoms in total. The first kappa shape index (κ1) is 46.1. The Bertz CT molecular complexity index is 4420. The number of allylic oxidation sites excluding steroid dienone is 5. The van der Waals surface area contributed by atoms with Crippen molar-refractivity contribution >= 4 is 72.4 Å². The van der Waals surface area contributed by atoms with Crippen molar-refractivity contribution in [2.45, 2.75) is 97.7 Å². The van der Waals surface area contributed by atoms with E-state index in [-0.39, 0.29) is 22.5 Å². The van der Waals surface area contributed by atoms with Crippen LogP contribution in [0.15, 0.2) is 195 Å². The highest BCUT2D eigenvalue weighted by Gasteiger charge is 3.11. The van der Waals surface area contributed by atoms with Gasteiger partial charge in [0.2, 0.25) is 16.9 Å². The lowest BCUT2D eigenvalue weighted by Gasteiger charge is -2.35. The van der Waals surface area contributed by atoms with Crippen molar-refractivity contribution in [2.24, 2.45) is 5.92 Å². The van der Waals surface area contributed by atoms with Crippen LogP contribution >= 0.6 is 0 Å². The molecule has 6 heteroatoms. The first-order chi connectivity index (χ1) is 37.5.